The predicted molar refractivity (Wildman–Crippen MR) is 72.9 cm³/mol. The van der Waals surface area contributed by atoms with Crippen LogP contribution >= 0.6 is 27.3 Å². The number of thiophene rings is 1. The maximum absolute atomic E-state index is 9.21. The molecule has 0 aliphatic rings. The van der Waals surface area contributed by atoms with Crippen LogP contribution in [0.2, 0.25) is 0 Å². The van der Waals surface area contributed by atoms with Gasteiger partial charge in [-0.3, -0.25) is 0 Å². The zero-order valence-electron chi connectivity index (χ0n) is 8.61. The highest BCUT2D eigenvalue weighted by Crippen LogP contribution is 2.24. The molecule has 0 bridgehead atoms. The normalized spacial score (nSPS) is 10.3. The monoisotopic (exact) mass is 294 g/mol. The van der Waals surface area contributed by atoms with E-state index in [2.05, 4.69) is 34.6 Å². The smallest absolute Gasteiger partial charge is 0.115 e. The molecule has 2 aromatic rings. The highest BCUT2D eigenvalue weighted by molar-refractivity contribution is 9.11. The maximum atomic E-state index is 9.21. The number of aliphatic hydroxyl groups excluding tert-OH is 1. The average molecular weight is 295 g/mol. The summed E-state index contributed by atoms with van der Waals surface area (Å²) in [6, 6.07) is 12.0. The predicted octanol–water partition coefficient (Wildman–Crippen LogP) is 4.63. The topological polar surface area (TPSA) is 20.2 Å². The molecule has 1 nitrogen and oxygen atoms in total. The molecule has 16 heavy (non-hydrogen) atoms. The lowest BCUT2D eigenvalue weighted by atomic mass is 10.1. The molecule has 1 aromatic carbocycles. The summed E-state index contributed by atoms with van der Waals surface area (Å²) in [5, 5.41) is 9.21. The first-order valence-electron chi connectivity index (χ1n) is 4.86. The van der Waals surface area contributed by atoms with Gasteiger partial charge in [-0.15, -0.1) is 11.3 Å². The van der Waals surface area contributed by atoms with Crippen molar-refractivity contribution in [2.45, 2.75) is 6.42 Å². The molecule has 0 saturated carbocycles. The van der Waals surface area contributed by atoms with Crippen LogP contribution in [0.15, 0.2) is 46.8 Å². The third-order valence-corrected chi connectivity index (χ3v) is 3.92. The zero-order valence-corrected chi connectivity index (χ0v) is 11.0. The van der Waals surface area contributed by atoms with Gasteiger partial charge in [0.2, 0.25) is 0 Å². The van der Waals surface area contributed by atoms with Gasteiger partial charge in [-0.2, -0.15) is 0 Å². The molecule has 0 radical (unpaired) electrons. The molecule has 0 aliphatic heterocycles. The van der Waals surface area contributed by atoms with Gasteiger partial charge in [-0.1, -0.05) is 30.8 Å². The number of benzene rings is 1. The van der Waals surface area contributed by atoms with Gasteiger partial charge in [-0.25, -0.2) is 0 Å². The van der Waals surface area contributed by atoms with Gasteiger partial charge in [-0.05, 0) is 33.6 Å². The van der Waals surface area contributed by atoms with E-state index in [1.165, 1.54) is 10.4 Å². The van der Waals surface area contributed by atoms with Gasteiger partial charge in [0.15, 0.2) is 0 Å². The standard InChI is InChI=1S/C13H11BrOS/c1-9(15)11-4-2-10(3-5-11)8-12-6-7-13(14)16-12/h2-7,15H,1,8H2. The Bertz CT molecular complexity index is 499. The molecular weight excluding hydrogens is 284 g/mol. The molecule has 0 unspecified atom stereocenters. The van der Waals surface area contributed by atoms with E-state index in [-0.39, 0.29) is 5.76 Å². The maximum Gasteiger partial charge on any atom is 0.115 e. The quantitative estimate of drug-likeness (QED) is 0.818. The fourth-order valence-corrected chi connectivity index (χ4v) is 2.98. The summed E-state index contributed by atoms with van der Waals surface area (Å²) in [6.45, 7) is 3.49. The van der Waals surface area contributed by atoms with Crippen molar-refractivity contribution in [1.82, 2.24) is 0 Å². The van der Waals surface area contributed by atoms with Gasteiger partial charge in [0.25, 0.3) is 0 Å². The van der Waals surface area contributed by atoms with Crippen LogP contribution in [0.1, 0.15) is 16.0 Å². The Labute approximate surface area is 107 Å². The van der Waals surface area contributed by atoms with Crippen LogP contribution in [-0.2, 0) is 6.42 Å². The van der Waals surface area contributed by atoms with Crippen LogP contribution in [0.25, 0.3) is 5.76 Å². The van der Waals surface area contributed by atoms with Crippen LogP contribution < -0.4 is 0 Å². The summed E-state index contributed by atoms with van der Waals surface area (Å²) in [4.78, 5) is 1.32. The lowest BCUT2D eigenvalue weighted by molar-refractivity contribution is 0.514. The number of hydrogen-bond donors (Lipinski definition) is 1. The van der Waals surface area contributed by atoms with E-state index in [1.807, 2.05) is 24.3 Å². The summed E-state index contributed by atoms with van der Waals surface area (Å²) in [7, 11) is 0. The summed E-state index contributed by atoms with van der Waals surface area (Å²) >= 11 is 5.19. The fraction of sp³-hybridized carbons (Fsp3) is 0.0769. The zero-order chi connectivity index (χ0) is 11.5. The molecule has 0 amide bonds. The van der Waals surface area contributed by atoms with E-state index in [0.29, 0.717) is 0 Å². The first-order valence-corrected chi connectivity index (χ1v) is 6.47. The minimum Gasteiger partial charge on any atom is -0.508 e. The van der Waals surface area contributed by atoms with Crippen LogP contribution in [0, 0.1) is 0 Å². The second kappa shape index (κ2) is 4.85. The number of aliphatic hydroxyl groups is 1. The van der Waals surface area contributed by atoms with Gasteiger partial charge in [0.05, 0.1) is 3.79 Å². The first-order chi connectivity index (χ1) is 7.65. The van der Waals surface area contributed by atoms with E-state index < -0.39 is 0 Å². The minimum atomic E-state index is 0.116. The summed E-state index contributed by atoms with van der Waals surface area (Å²) < 4.78 is 1.16. The van der Waals surface area contributed by atoms with Crippen molar-refractivity contribution in [2.24, 2.45) is 0 Å². The Morgan fingerprint density at radius 1 is 1.19 bits per heavy atom. The van der Waals surface area contributed by atoms with Crippen molar-refractivity contribution in [1.29, 1.82) is 0 Å². The van der Waals surface area contributed by atoms with Gasteiger partial charge >= 0.3 is 0 Å². The van der Waals surface area contributed by atoms with Gasteiger partial charge < -0.3 is 5.11 Å². The highest BCUT2D eigenvalue weighted by Gasteiger charge is 2.01. The van der Waals surface area contributed by atoms with Crippen LogP contribution in [0.5, 0.6) is 0 Å². The highest BCUT2D eigenvalue weighted by atomic mass is 79.9. The van der Waals surface area contributed by atoms with E-state index in [0.717, 1.165) is 15.8 Å². The molecular formula is C13H11BrOS. The average Bonchev–Trinajstić information content (AvgIpc) is 2.65. The number of rotatable bonds is 3. The van der Waals surface area contributed by atoms with Crippen LogP contribution in [0.3, 0.4) is 0 Å². The van der Waals surface area contributed by atoms with E-state index in [1.54, 1.807) is 11.3 Å². The Balaban J connectivity index is 2.14. The molecule has 0 fully saturated rings. The van der Waals surface area contributed by atoms with Crippen molar-refractivity contribution in [2.75, 3.05) is 0 Å². The van der Waals surface area contributed by atoms with Crippen molar-refractivity contribution < 1.29 is 5.11 Å². The summed E-state index contributed by atoms with van der Waals surface area (Å²) in [6.07, 6.45) is 0.925. The van der Waals surface area contributed by atoms with Gasteiger partial charge in [0, 0.05) is 16.9 Å². The lowest BCUT2D eigenvalue weighted by Crippen LogP contribution is -1.86. The Hall–Kier alpha value is -1.06. The van der Waals surface area contributed by atoms with Crippen LogP contribution in [0.4, 0.5) is 0 Å². The molecule has 0 aliphatic carbocycles. The van der Waals surface area contributed by atoms with E-state index in [9.17, 15) is 5.11 Å². The second-order valence-electron chi connectivity index (χ2n) is 3.53. The van der Waals surface area contributed by atoms with Crippen molar-refractivity contribution in [3.63, 3.8) is 0 Å². The molecule has 0 atom stereocenters. The van der Waals surface area contributed by atoms with Crippen LogP contribution in [-0.4, -0.2) is 5.11 Å². The fourth-order valence-electron chi connectivity index (χ4n) is 1.46. The molecule has 1 N–H and O–H groups in total. The SMILES string of the molecule is C=C(O)c1ccc(Cc2ccc(Br)s2)cc1. The first kappa shape index (κ1) is 11.4. The minimum absolute atomic E-state index is 0.116. The van der Waals surface area contributed by atoms with Crippen molar-refractivity contribution >= 4 is 33.0 Å². The Kier molecular flexibility index (Phi) is 3.46. The second-order valence-corrected chi connectivity index (χ2v) is 6.07. The van der Waals surface area contributed by atoms with Crippen molar-refractivity contribution in [3.8, 4) is 0 Å². The molecule has 1 heterocycles. The Morgan fingerprint density at radius 2 is 1.88 bits per heavy atom. The Morgan fingerprint density at radius 3 is 2.38 bits per heavy atom. The summed E-state index contributed by atoms with van der Waals surface area (Å²) in [5.41, 5.74) is 2.01. The van der Waals surface area contributed by atoms with E-state index >= 15 is 0 Å². The number of hydrogen-bond acceptors (Lipinski definition) is 2. The molecule has 3 heteroatoms. The molecule has 2 rings (SSSR count). The van der Waals surface area contributed by atoms with Gasteiger partial charge in [0.1, 0.15) is 5.76 Å². The molecule has 1 aromatic heterocycles. The largest absolute Gasteiger partial charge is 0.508 e. The molecule has 0 saturated heterocycles. The van der Waals surface area contributed by atoms with Crippen molar-refractivity contribution in [3.05, 3.63) is 62.8 Å². The molecule has 82 valence electrons. The summed E-state index contributed by atoms with van der Waals surface area (Å²) in [5.74, 6) is 0.116. The third-order valence-electron chi connectivity index (χ3n) is 2.29. The number of halogens is 1. The lowest BCUT2D eigenvalue weighted by Gasteiger charge is -2.01. The third kappa shape index (κ3) is 2.74. The molecule has 0 spiro atoms. The van der Waals surface area contributed by atoms with E-state index in [4.69, 9.17) is 0 Å².